The molecule has 2 aromatic carbocycles. The number of benzene rings is 2. The maximum atomic E-state index is 12.9. The van der Waals surface area contributed by atoms with Gasteiger partial charge in [-0.3, -0.25) is 29.1 Å². The number of nitrogens with zero attached hydrogens (tertiary/aromatic N) is 3. The number of carbonyl (C=O) groups excluding carboxylic acids is 3. The number of nitrogens with one attached hydrogen (secondary N) is 2. The molecular weight excluding hydrogens is 587 g/mol. The molecule has 0 saturated carbocycles. The van der Waals surface area contributed by atoms with Gasteiger partial charge in [0.05, 0.1) is 13.2 Å². The molecule has 0 aliphatic carbocycles. The molecule has 3 fully saturated rings. The Kier molecular flexibility index (Phi) is 7.42. The maximum absolute atomic E-state index is 12.9. The van der Waals surface area contributed by atoms with E-state index in [2.05, 4.69) is 24.7 Å². The van der Waals surface area contributed by atoms with Crippen LogP contribution in [0, 0.1) is 13.8 Å². The lowest BCUT2D eigenvalue weighted by Gasteiger charge is -2.41. The largest absolute Gasteiger partial charge is 0.573 e. The number of imide groups is 1. The second kappa shape index (κ2) is 10.8. The van der Waals surface area contributed by atoms with Crippen LogP contribution in [-0.4, -0.2) is 77.5 Å². The fourth-order valence-electron chi connectivity index (χ4n) is 6.05. The van der Waals surface area contributed by atoms with E-state index in [1.807, 2.05) is 26.0 Å². The quantitative estimate of drug-likeness (QED) is 0.361. The highest BCUT2D eigenvalue weighted by Gasteiger charge is 2.59. The van der Waals surface area contributed by atoms with Gasteiger partial charge in [-0.15, -0.1) is 13.2 Å². The minimum Gasteiger partial charge on any atom is -0.406 e. The average Bonchev–Trinajstić information content (AvgIpc) is 3.38. The van der Waals surface area contributed by atoms with Crippen molar-refractivity contribution in [2.75, 3.05) is 37.0 Å². The van der Waals surface area contributed by atoms with Crippen molar-refractivity contribution in [1.29, 1.82) is 0 Å². The van der Waals surface area contributed by atoms with Gasteiger partial charge in [-0.1, -0.05) is 11.9 Å². The Balaban J connectivity index is 1.04. The van der Waals surface area contributed by atoms with Gasteiger partial charge in [-0.2, -0.15) is 0 Å². The van der Waals surface area contributed by atoms with Crippen molar-refractivity contribution in [1.82, 2.24) is 14.9 Å². The number of rotatable bonds is 7. The summed E-state index contributed by atoms with van der Waals surface area (Å²) in [5.74, 6) is 0.314. The van der Waals surface area contributed by atoms with E-state index in [9.17, 15) is 27.6 Å². The minimum absolute atomic E-state index is 0.181. The molecule has 2 N–H and O–H groups in total. The van der Waals surface area contributed by atoms with Crippen molar-refractivity contribution >= 4 is 41.3 Å². The first kappa shape index (κ1) is 29.5. The van der Waals surface area contributed by atoms with Crippen molar-refractivity contribution in [3.8, 4) is 5.75 Å². The van der Waals surface area contributed by atoms with E-state index in [0.717, 1.165) is 23.3 Å². The summed E-state index contributed by atoms with van der Waals surface area (Å²) in [4.78, 5) is 44.1. The van der Waals surface area contributed by atoms with Crippen molar-refractivity contribution in [3.63, 3.8) is 0 Å². The Morgan fingerprint density at radius 2 is 1.65 bits per heavy atom. The third-order valence-corrected chi connectivity index (χ3v) is 9.53. The molecule has 0 aromatic heterocycles. The highest BCUT2D eigenvalue weighted by molar-refractivity contribution is 7.97. The molecule has 2 spiro atoms. The number of hydrogen-bond donors (Lipinski definition) is 2. The van der Waals surface area contributed by atoms with Gasteiger partial charge in [0, 0.05) is 30.1 Å². The summed E-state index contributed by atoms with van der Waals surface area (Å²) in [6, 6.07) is 8.74. The van der Waals surface area contributed by atoms with Gasteiger partial charge in [0.2, 0.25) is 0 Å². The SMILES string of the molecule is Cc1cc(N2C(=O)NC(=O)C23COC3)cc(C)c1CCSN1CCC2(CC1)N=C(c1ccc(OC(F)(F)F)cc1)NC2=O. The molecule has 0 atom stereocenters. The van der Waals surface area contributed by atoms with Gasteiger partial charge in [-0.05, 0) is 86.2 Å². The first-order valence-electron chi connectivity index (χ1n) is 13.9. The lowest BCUT2D eigenvalue weighted by molar-refractivity contribution is -0.274. The minimum atomic E-state index is -4.77. The lowest BCUT2D eigenvalue weighted by Crippen LogP contribution is -2.64. The standard InChI is InChI=1S/C29H30F3N5O5S/c1-17-13-20(37-26(40)34-25(39)28(37)15-41-16-28)14-18(2)22(17)7-12-43-36-10-8-27(9-11-36)24(38)33-23(35-27)19-3-5-21(6-4-19)42-29(30,31)32/h3-6,13-14H,7-12,15-16H2,1-2H3,(H,33,35,38)(H,34,39,40). The highest BCUT2D eigenvalue weighted by atomic mass is 32.2. The third-order valence-electron chi connectivity index (χ3n) is 8.41. The van der Waals surface area contributed by atoms with Crippen molar-refractivity contribution < 1.29 is 37.0 Å². The molecular formula is C29H30F3N5O5S. The zero-order chi connectivity index (χ0) is 30.6. The van der Waals surface area contributed by atoms with Crippen LogP contribution < -0.4 is 20.3 Å². The Labute approximate surface area is 250 Å². The summed E-state index contributed by atoms with van der Waals surface area (Å²) < 4.78 is 48.8. The van der Waals surface area contributed by atoms with Gasteiger partial charge >= 0.3 is 12.4 Å². The van der Waals surface area contributed by atoms with E-state index in [1.165, 1.54) is 34.7 Å². The number of anilines is 1. The smallest absolute Gasteiger partial charge is 0.406 e. The Morgan fingerprint density at radius 3 is 2.23 bits per heavy atom. The second-order valence-corrected chi connectivity index (χ2v) is 12.4. The molecule has 43 heavy (non-hydrogen) atoms. The van der Waals surface area contributed by atoms with Crippen LogP contribution in [-0.2, 0) is 20.7 Å². The molecule has 2 aromatic rings. The van der Waals surface area contributed by atoms with Gasteiger partial charge in [-0.25, -0.2) is 4.79 Å². The maximum Gasteiger partial charge on any atom is 0.573 e. The fraction of sp³-hybridized carbons (Fsp3) is 0.448. The van der Waals surface area contributed by atoms with Crippen LogP contribution in [0.4, 0.5) is 23.7 Å². The first-order chi connectivity index (χ1) is 20.4. The summed E-state index contributed by atoms with van der Waals surface area (Å²) in [6.07, 6.45) is -2.91. The van der Waals surface area contributed by atoms with Crippen LogP contribution in [0.3, 0.4) is 0 Å². The number of aryl methyl sites for hydroxylation is 2. The highest BCUT2D eigenvalue weighted by Crippen LogP contribution is 2.37. The zero-order valence-electron chi connectivity index (χ0n) is 23.5. The Hall–Kier alpha value is -3.62. The number of urea groups is 1. The Bertz CT molecular complexity index is 1480. The van der Waals surface area contributed by atoms with Crippen LogP contribution >= 0.6 is 11.9 Å². The lowest BCUT2D eigenvalue weighted by atomic mass is 9.89. The van der Waals surface area contributed by atoms with Crippen LogP contribution in [0.1, 0.15) is 35.1 Å². The number of alkyl halides is 3. The van der Waals surface area contributed by atoms with Crippen molar-refractivity contribution in [2.45, 2.75) is 50.6 Å². The number of ether oxygens (including phenoxy) is 2. The van der Waals surface area contributed by atoms with Gasteiger partial charge in [0.15, 0.2) is 5.54 Å². The molecule has 10 nitrogen and oxygen atoms in total. The monoisotopic (exact) mass is 617 g/mol. The summed E-state index contributed by atoms with van der Waals surface area (Å²) in [5, 5.41) is 5.21. The van der Waals surface area contributed by atoms with E-state index < -0.39 is 23.5 Å². The number of halogens is 3. The molecule has 4 aliphatic heterocycles. The van der Waals surface area contributed by atoms with Crippen LogP contribution in [0.25, 0.3) is 0 Å². The van der Waals surface area contributed by atoms with Crippen LogP contribution in [0.2, 0.25) is 0 Å². The van der Waals surface area contributed by atoms with Gasteiger partial charge in [0.25, 0.3) is 11.8 Å². The van der Waals surface area contributed by atoms with E-state index in [0.29, 0.717) is 43.0 Å². The predicted molar refractivity (Wildman–Crippen MR) is 153 cm³/mol. The average molecular weight is 618 g/mol. The first-order valence-corrected chi connectivity index (χ1v) is 14.8. The van der Waals surface area contributed by atoms with Crippen LogP contribution in [0.5, 0.6) is 5.75 Å². The van der Waals surface area contributed by atoms with Crippen molar-refractivity contribution in [2.24, 2.45) is 4.99 Å². The van der Waals surface area contributed by atoms with Crippen molar-refractivity contribution in [3.05, 3.63) is 58.7 Å². The molecule has 6 rings (SSSR count). The van der Waals surface area contributed by atoms with Gasteiger partial charge < -0.3 is 14.8 Å². The number of amides is 4. The molecule has 4 aliphatic rings. The number of hydrogen-bond acceptors (Lipinski definition) is 8. The van der Waals surface area contributed by atoms with Crippen LogP contribution in [0.15, 0.2) is 41.4 Å². The summed E-state index contributed by atoms with van der Waals surface area (Å²) >= 11 is 1.71. The molecule has 14 heteroatoms. The fourth-order valence-corrected chi connectivity index (χ4v) is 7.04. The normalized spacial score (nSPS) is 21.2. The molecule has 0 unspecified atom stereocenters. The molecule has 3 saturated heterocycles. The molecule has 228 valence electrons. The third kappa shape index (κ3) is 5.47. The van der Waals surface area contributed by atoms with Gasteiger partial charge in [0.1, 0.15) is 17.1 Å². The number of piperidine rings is 1. The number of carbonyl (C=O) groups is 3. The molecule has 0 bridgehead atoms. The zero-order valence-corrected chi connectivity index (χ0v) is 24.4. The number of aliphatic imine (C=N–C) groups is 1. The number of amidine groups is 1. The predicted octanol–water partition coefficient (Wildman–Crippen LogP) is 3.63. The summed E-state index contributed by atoms with van der Waals surface area (Å²) in [5.41, 5.74) is 2.61. The second-order valence-electron chi connectivity index (χ2n) is 11.2. The van der Waals surface area contributed by atoms with E-state index in [4.69, 9.17) is 4.74 Å². The molecule has 0 radical (unpaired) electrons. The summed E-state index contributed by atoms with van der Waals surface area (Å²) in [6.45, 7) is 5.69. The Morgan fingerprint density at radius 1 is 1.00 bits per heavy atom. The topological polar surface area (TPSA) is 113 Å². The molecule has 4 heterocycles. The van der Waals surface area contributed by atoms with E-state index in [-0.39, 0.29) is 30.8 Å². The summed E-state index contributed by atoms with van der Waals surface area (Å²) in [7, 11) is 0. The molecule has 4 amide bonds. The van der Waals surface area contributed by atoms with E-state index >= 15 is 0 Å². The van der Waals surface area contributed by atoms with E-state index in [1.54, 1.807) is 11.9 Å².